The molecule has 0 saturated carbocycles. The third-order valence-corrected chi connectivity index (χ3v) is 17.0. The van der Waals surface area contributed by atoms with Gasteiger partial charge in [-0.15, -0.1) is 11.3 Å². The first-order valence-corrected chi connectivity index (χ1v) is 27.4. The molecule has 3 aromatic heterocycles. The predicted molar refractivity (Wildman–Crippen MR) is 279 cm³/mol. The Morgan fingerprint density at radius 3 is 2.51 bits per heavy atom. The molecule has 0 aliphatic carbocycles. The minimum atomic E-state index is -2.21. The van der Waals surface area contributed by atoms with Crippen LogP contribution in [0.5, 0.6) is 0 Å². The highest BCUT2D eigenvalue weighted by Gasteiger charge is 2.55. The summed E-state index contributed by atoms with van der Waals surface area (Å²) in [5.41, 5.74) is 5.20. The van der Waals surface area contributed by atoms with E-state index in [0.717, 1.165) is 59.8 Å². The second-order valence-electron chi connectivity index (χ2n) is 22.1. The summed E-state index contributed by atoms with van der Waals surface area (Å²) in [7, 11) is 3.79. The Morgan fingerprint density at radius 2 is 1.81 bits per heavy atom. The van der Waals surface area contributed by atoms with Crippen molar-refractivity contribution in [2.45, 2.75) is 123 Å². The molecule has 3 N–H and O–H groups in total. The SMILES string of the molecule is CCn1c(-c2cc(N3CCN(C)CC3)cnc2[C@H](C)OC)c2c3cc(c(F)cc31)-c1csc(n1)C[C@H](NC(=O)[C@H](C(C)C)N1CC[C@@]3(CCN(C(=O)[C@H](F)Cl)C3)C1=O)C(O)N1CCC[C@H](N1)C(=O)OCC(C)(C)C2. The van der Waals surface area contributed by atoms with Crippen molar-refractivity contribution < 1.29 is 42.5 Å². The number of methoxy groups -OCH3 is 1. The monoisotopic (exact) mass is 1060 g/mol. The standard InChI is InChI=1S/C53H71ClF2N10O7S/c1-9-64-41-23-37(55)34-22-33(41)36(45(64)35-21-32(26-57-43(35)31(4)72-8)62-19-17-61(7)18-20-62)25-52(5,6)29-73-50(70)38-11-10-14-66(60-38)48(68)39(24-42-58-40(34)27-74-42)59-47(67)44(30(2)3)65-16-13-53(51(65)71)12-15-63(28-53)49(69)46(54)56/h21-23,26-27,30-31,38-39,44,46,48,60,68H,9-20,24-25,28-29H2,1-8H3,(H,59,67)/t31-,38-,39-,44-,46-,48?,53+/m0/s1. The van der Waals surface area contributed by atoms with E-state index in [9.17, 15) is 28.7 Å². The number of pyridine rings is 1. The molecule has 1 aromatic carbocycles. The van der Waals surface area contributed by atoms with E-state index in [1.165, 1.54) is 21.1 Å². The number of aromatic nitrogens is 3. The lowest BCUT2D eigenvalue weighted by Gasteiger charge is -2.40. The molecule has 2 unspecified atom stereocenters. The molecule has 74 heavy (non-hydrogen) atoms. The largest absolute Gasteiger partial charge is 0.464 e. The Hall–Kier alpha value is -4.83. The van der Waals surface area contributed by atoms with E-state index < -0.39 is 64.4 Å². The van der Waals surface area contributed by atoms with Gasteiger partial charge in [0.1, 0.15) is 24.1 Å². The number of cyclic esters (lactones) is 1. The lowest BCUT2D eigenvalue weighted by Crippen LogP contribution is -2.64. The third-order valence-electron chi connectivity index (χ3n) is 16.0. The maximum atomic E-state index is 17.0. The number of nitrogens with one attached hydrogen (secondary N) is 2. The first kappa shape index (κ1) is 54.0. The Kier molecular flexibility index (Phi) is 15.8. The number of carbonyl (C=O) groups excluding carboxylic acids is 4. The number of hydrazine groups is 1. The van der Waals surface area contributed by atoms with Gasteiger partial charge in [-0.1, -0.05) is 39.3 Å². The van der Waals surface area contributed by atoms with Crippen molar-refractivity contribution >= 4 is 63.2 Å². The van der Waals surface area contributed by atoms with Gasteiger partial charge in [-0.25, -0.2) is 24.2 Å². The van der Waals surface area contributed by atoms with E-state index in [-0.39, 0.29) is 56.2 Å². The summed E-state index contributed by atoms with van der Waals surface area (Å²) in [6.07, 6.45) is 2.29. The number of thiazole rings is 1. The molecule has 8 heterocycles. The van der Waals surface area contributed by atoms with Crippen LogP contribution in [0.1, 0.15) is 89.6 Å². The number of benzene rings is 1. The quantitative estimate of drug-likeness (QED) is 0.127. The van der Waals surface area contributed by atoms with Gasteiger partial charge in [0.15, 0.2) is 0 Å². The number of likely N-dealkylation sites (tertiary alicyclic amines) is 2. The van der Waals surface area contributed by atoms with Crippen LogP contribution in [0, 0.1) is 22.6 Å². The number of amides is 3. The number of aryl methyl sites for hydroxylation is 1. The van der Waals surface area contributed by atoms with Crippen LogP contribution in [0.15, 0.2) is 29.8 Å². The number of piperazine rings is 1. The summed E-state index contributed by atoms with van der Waals surface area (Å²) in [4.78, 5) is 73.2. The molecule has 0 radical (unpaired) electrons. The van der Waals surface area contributed by atoms with E-state index >= 15 is 4.39 Å². The fourth-order valence-electron chi connectivity index (χ4n) is 11.8. The number of ether oxygens (including phenoxy) is 2. The fraction of sp³-hybridized carbons (Fsp3) is 0.623. The van der Waals surface area contributed by atoms with Gasteiger partial charge in [-0.05, 0) is 82.7 Å². The average Bonchev–Trinajstić information content (AvgIpc) is 4.17. The molecule has 9 rings (SSSR count). The number of carbonyl (C=O) groups is 4. The lowest BCUT2D eigenvalue weighted by atomic mass is 9.84. The molecule has 21 heteroatoms. The molecule has 6 bridgehead atoms. The minimum Gasteiger partial charge on any atom is -0.464 e. The third kappa shape index (κ3) is 10.5. The van der Waals surface area contributed by atoms with Crippen LogP contribution in [-0.2, 0) is 48.0 Å². The zero-order valence-corrected chi connectivity index (χ0v) is 45.3. The van der Waals surface area contributed by atoms with Crippen molar-refractivity contribution in [2.75, 3.05) is 78.0 Å². The molecule has 4 fully saturated rings. The molecule has 5 aliphatic heterocycles. The lowest BCUT2D eigenvalue weighted by molar-refractivity contribution is -0.157. The highest BCUT2D eigenvalue weighted by molar-refractivity contribution is 7.10. The highest BCUT2D eigenvalue weighted by atomic mass is 35.5. The van der Waals surface area contributed by atoms with Crippen LogP contribution >= 0.6 is 22.9 Å². The molecule has 3 amide bonds. The van der Waals surface area contributed by atoms with Gasteiger partial charge in [0, 0.05) is 99.7 Å². The number of rotatable bonds is 10. The highest BCUT2D eigenvalue weighted by Crippen LogP contribution is 2.45. The summed E-state index contributed by atoms with van der Waals surface area (Å²) in [6, 6.07) is 2.83. The number of nitrogens with zero attached hydrogens (tertiary/aromatic N) is 8. The molecule has 1 spiro atoms. The Labute approximate surface area is 440 Å². The maximum absolute atomic E-state index is 17.0. The summed E-state index contributed by atoms with van der Waals surface area (Å²) in [5, 5.41) is 20.0. The summed E-state index contributed by atoms with van der Waals surface area (Å²) in [6.45, 7) is 16.6. The number of likely N-dealkylation sites (N-methyl/N-ethyl adjacent to an activating group) is 1. The van der Waals surface area contributed by atoms with Crippen molar-refractivity contribution in [3.05, 3.63) is 51.9 Å². The van der Waals surface area contributed by atoms with Crippen LogP contribution in [0.2, 0.25) is 0 Å². The summed E-state index contributed by atoms with van der Waals surface area (Å²) >= 11 is 6.77. The van der Waals surface area contributed by atoms with Crippen molar-refractivity contribution in [1.29, 1.82) is 0 Å². The Balaban J connectivity index is 1.11. The molecule has 402 valence electrons. The van der Waals surface area contributed by atoms with Gasteiger partial charge in [-0.3, -0.25) is 24.2 Å². The van der Waals surface area contributed by atoms with E-state index in [2.05, 4.69) is 52.1 Å². The number of hydrogen-bond acceptors (Lipinski definition) is 14. The van der Waals surface area contributed by atoms with E-state index in [1.807, 2.05) is 40.0 Å². The van der Waals surface area contributed by atoms with Crippen LogP contribution in [0.3, 0.4) is 0 Å². The van der Waals surface area contributed by atoms with Gasteiger partial charge in [0.25, 0.3) is 11.5 Å². The molecule has 4 aromatic rings. The molecule has 4 saturated heterocycles. The molecular weight excluding hydrogens is 994 g/mol. The topological polar surface area (TPSA) is 178 Å². The van der Waals surface area contributed by atoms with Crippen molar-refractivity contribution in [1.82, 2.24) is 45.0 Å². The number of aliphatic hydroxyl groups is 1. The molecular formula is C53H71ClF2N10O7S. The van der Waals surface area contributed by atoms with E-state index in [4.69, 9.17) is 31.0 Å². The normalized spacial score (nSPS) is 26.1. The summed E-state index contributed by atoms with van der Waals surface area (Å²) in [5.74, 6) is -3.02. The van der Waals surface area contributed by atoms with Crippen molar-refractivity contribution in [2.24, 2.45) is 16.7 Å². The fourth-order valence-corrected chi connectivity index (χ4v) is 12.8. The second kappa shape index (κ2) is 21.7. The van der Waals surface area contributed by atoms with Crippen LogP contribution in [0.4, 0.5) is 14.5 Å². The van der Waals surface area contributed by atoms with Gasteiger partial charge in [-0.2, -0.15) is 0 Å². The molecule has 5 aliphatic rings. The predicted octanol–water partition coefficient (Wildman–Crippen LogP) is 5.90. The van der Waals surface area contributed by atoms with Gasteiger partial charge in [0.2, 0.25) is 11.8 Å². The number of esters is 1. The van der Waals surface area contributed by atoms with Gasteiger partial charge >= 0.3 is 5.97 Å². The average molecular weight is 1070 g/mol. The van der Waals surface area contributed by atoms with Crippen LogP contribution < -0.4 is 15.6 Å². The maximum Gasteiger partial charge on any atom is 0.324 e. The van der Waals surface area contributed by atoms with Crippen molar-refractivity contribution in [3.63, 3.8) is 0 Å². The minimum absolute atomic E-state index is 0.00768. The number of fused-ring (bicyclic) bond motifs is 6. The number of anilines is 1. The Morgan fingerprint density at radius 1 is 1.07 bits per heavy atom. The molecule has 17 nitrogen and oxygen atoms in total. The smallest absolute Gasteiger partial charge is 0.324 e. The number of alkyl halides is 2. The first-order valence-electron chi connectivity index (χ1n) is 26.0. The van der Waals surface area contributed by atoms with Gasteiger partial charge < -0.3 is 44.1 Å². The second-order valence-corrected chi connectivity index (χ2v) is 23.4. The van der Waals surface area contributed by atoms with E-state index in [1.54, 1.807) is 23.6 Å². The number of aliphatic hydroxyl groups excluding tert-OH is 1. The van der Waals surface area contributed by atoms with Crippen LogP contribution in [0.25, 0.3) is 33.4 Å². The van der Waals surface area contributed by atoms with E-state index in [0.29, 0.717) is 61.4 Å². The zero-order chi connectivity index (χ0) is 53.0. The number of halogens is 3. The Bertz CT molecular complexity index is 2770. The van der Waals surface area contributed by atoms with Crippen LogP contribution in [-0.4, -0.2) is 166 Å². The zero-order valence-electron chi connectivity index (χ0n) is 43.8. The van der Waals surface area contributed by atoms with Gasteiger partial charge in [0.05, 0.1) is 63.7 Å². The number of hydrogen-bond donors (Lipinski definition) is 3. The molecule has 8 atom stereocenters. The first-order chi connectivity index (χ1) is 35.2. The summed E-state index contributed by atoms with van der Waals surface area (Å²) < 4.78 is 45.1. The van der Waals surface area contributed by atoms with Crippen molar-refractivity contribution in [3.8, 4) is 22.5 Å².